The highest BCUT2D eigenvalue weighted by Crippen LogP contribution is 2.11. The van der Waals surface area contributed by atoms with Crippen LogP contribution < -0.4 is 4.72 Å². The fourth-order valence-electron chi connectivity index (χ4n) is 1.28. The number of sulfonamides is 1. The molecule has 1 aromatic rings. The van der Waals surface area contributed by atoms with Crippen molar-refractivity contribution >= 4 is 15.8 Å². The van der Waals surface area contributed by atoms with Crippen molar-refractivity contribution in [3.8, 4) is 0 Å². The minimum atomic E-state index is -3.50. The molecule has 0 aliphatic heterocycles. The summed E-state index contributed by atoms with van der Waals surface area (Å²) < 4.78 is 25.8. The minimum absolute atomic E-state index is 0.00648. The van der Waals surface area contributed by atoms with Gasteiger partial charge in [0.15, 0.2) is 5.78 Å². The smallest absolute Gasteiger partial charge is 0.240 e. The topological polar surface area (TPSA) is 63.2 Å². The van der Waals surface area contributed by atoms with Crippen LogP contribution in [0, 0.1) is 0 Å². The van der Waals surface area contributed by atoms with Gasteiger partial charge in [0.1, 0.15) is 0 Å². The van der Waals surface area contributed by atoms with E-state index in [9.17, 15) is 13.2 Å². The molecule has 0 spiro atoms. The number of ketones is 1. The number of benzene rings is 1. The Labute approximate surface area is 101 Å². The van der Waals surface area contributed by atoms with Crippen molar-refractivity contribution in [2.75, 3.05) is 6.54 Å². The maximum absolute atomic E-state index is 11.7. The molecule has 0 saturated heterocycles. The highest BCUT2D eigenvalue weighted by atomic mass is 32.2. The van der Waals surface area contributed by atoms with E-state index in [0.29, 0.717) is 12.0 Å². The molecular weight excluding hydrogens is 238 g/mol. The maximum Gasteiger partial charge on any atom is 0.240 e. The molecule has 0 unspecified atom stereocenters. The van der Waals surface area contributed by atoms with Crippen LogP contribution in [0.2, 0.25) is 0 Å². The predicted molar refractivity (Wildman–Crippen MR) is 66.4 cm³/mol. The summed E-state index contributed by atoms with van der Waals surface area (Å²) in [5, 5.41) is 0. The van der Waals surface area contributed by atoms with Gasteiger partial charge in [-0.2, -0.15) is 0 Å². The van der Waals surface area contributed by atoms with Crippen molar-refractivity contribution in [1.29, 1.82) is 0 Å². The monoisotopic (exact) mass is 253 g/mol. The van der Waals surface area contributed by atoms with Gasteiger partial charge in [-0.1, -0.05) is 25.1 Å². The van der Waals surface area contributed by atoms with Gasteiger partial charge >= 0.3 is 0 Å². The SMILES string of the molecule is C=CCNS(=O)(=O)c1ccc(C(=O)CC)cc1. The molecule has 0 heterocycles. The quantitative estimate of drug-likeness (QED) is 0.620. The average Bonchev–Trinajstić information content (AvgIpc) is 2.35. The zero-order chi connectivity index (χ0) is 12.9. The number of rotatable bonds is 6. The Morgan fingerprint density at radius 2 is 1.94 bits per heavy atom. The minimum Gasteiger partial charge on any atom is -0.294 e. The zero-order valence-corrected chi connectivity index (χ0v) is 10.5. The van der Waals surface area contributed by atoms with Crippen LogP contribution in [-0.2, 0) is 10.0 Å². The highest BCUT2D eigenvalue weighted by molar-refractivity contribution is 7.89. The Balaban J connectivity index is 2.94. The van der Waals surface area contributed by atoms with Crippen LogP contribution in [0.4, 0.5) is 0 Å². The summed E-state index contributed by atoms with van der Waals surface area (Å²) in [5.74, 6) is -0.00648. The van der Waals surface area contributed by atoms with Crippen molar-refractivity contribution in [2.45, 2.75) is 18.2 Å². The summed E-state index contributed by atoms with van der Waals surface area (Å²) in [6.45, 7) is 5.38. The summed E-state index contributed by atoms with van der Waals surface area (Å²) in [5.41, 5.74) is 0.523. The van der Waals surface area contributed by atoms with E-state index in [0.717, 1.165) is 0 Å². The van der Waals surface area contributed by atoms with Crippen molar-refractivity contribution in [1.82, 2.24) is 4.72 Å². The van der Waals surface area contributed by atoms with E-state index >= 15 is 0 Å². The Morgan fingerprint density at radius 1 is 1.35 bits per heavy atom. The number of hydrogen-bond acceptors (Lipinski definition) is 3. The molecule has 1 rings (SSSR count). The second kappa shape index (κ2) is 5.75. The van der Waals surface area contributed by atoms with E-state index in [1.165, 1.54) is 30.3 Å². The predicted octanol–water partition coefficient (Wildman–Crippen LogP) is 1.74. The number of carbonyl (C=O) groups is 1. The Kier molecular flexibility index (Phi) is 4.60. The lowest BCUT2D eigenvalue weighted by atomic mass is 10.1. The molecule has 92 valence electrons. The van der Waals surface area contributed by atoms with Gasteiger partial charge in [-0.15, -0.1) is 6.58 Å². The second-order valence-electron chi connectivity index (χ2n) is 3.44. The number of hydrogen-bond donors (Lipinski definition) is 1. The fourth-order valence-corrected chi connectivity index (χ4v) is 2.27. The Bertz CT molecular complexity index is 503. The van der Waals surface area contributed by atoms with Crippen molar-refractivity contribution in [3.63, 3.8) is 0 Å². The van der Waals surface area contributed by atoms with Crippen LogP contribution in [0.15, 0.2) is 41.8 Å². The van der Waals surface area contributed by atoms with Gasteiger partial charge in [0, 0.05) is 18.5 Å². The van der Waals surface area contributed by atoms with Gasteiger partial charge in [0.25, 0.3) is 0 Å². The molecule has 0 fully saturated rings. The fraction of sp³-hybridized carbons (Fsp3) is 0.250. The maximum atomic E-state index is 11.7. The number of Topliss-reactive ketones (excluding diaryl/α,β-unsaturated/α-hetero) is 1. The third kappa shape index (κ3) is 3.51. The summed E-state index contributed by atoms with van der Waals surface area (Å²) in [6.07, 6.45) is 1.87. The molecule has 1 N–H and O–H groups in total. The molecule has 0 radical (unpaired) electrons. The molecule has 0 atom stereocenters. The van der Waals surface area contributed by atoms with Gasteiger partial charge in [0.05, 0.1) is 4.90 Å². The van der Waals surface area contributed by atoms with Crippen LogP contribution in [-0.4, -0.2) is 20.7 Å². The van der Waals surface area contributed by atoms with Crippen molar-refractivity contribution in [3.05, 3.63) is 42.5 Å². The van der Waals surface area contributed by atoms with E-state index < -0.39 is 10.0 Å². The van der Waals surface area contributed by atoms with Crippen LogP contribution >= 0.6 is 0 Å². The molecule has 0 aliphatic rings. The number of carbonyl (C=O) groups excluding carboxylic acids is 1. The zero-order valence-electron chi connectivity index (χ0n) is 9.64. The highest BCUT2D eigenvalue weighted by Gasteiger charge is 2.13. The Hall–Kier alpha value is -1.46. The first-order chi connectivity index (χ1) is 8.01. The molecular formula is C12H15NO3S. The van der Waals surface area contributed by atoms with Gasteiger partial charge in [-0.05, 0) is 12.1 Å². The summed E-state index contributed by atoms with van der Waals surface area (Å²) in [6, 6.07) is 5.89. The van der Waals surface area contributed by atoms with E-state index in [2.05, 4.69) is 11.3 Å². The van der Waals surface area contributed by atoms with E-state index in [1.807, 2.05) is 0 Å². The van der Waals surface area contributed by atoms with Gasteiger partial charge in [-0.25, -0.2) is 13.1 Å². The van der Waals surface area contributed by atoms with E-state index in [-0.39, 0.29) is 17.2 Å². The third-order valence-electron chi connectivity index (χ3n) is 2.23. The summed E-state index contributed by atoms with van der Waals surface area (Å²) in [4.78, 5) is 11.5. The second-order valence-corrected chi connectivity index (χ2v) is 5.21. The first kappa shape index (κ1) is 13.6. The van der Waals surface area contributed by atoms with Gasteiger partial charge < -0.3 is 0 Å². The molecule has 5 heteroatoms. The molecule has 0 amide bonds. The molecule has 0 aliphatic carbocycles. The lowest BCUT2D eigenvalue weighted by Gasteiger charge is -2.05. The average molecular weight is 253 g/mol. The van der Waals surface area contributed by atoms with E-state index in [4.69, 9.17) is 0 Å². The van der Waals surface area contributed by atoms with Gasteiger partial charge in [-0.3, -0.25) is 4.79 Å². The van der Waals surface area contributed by atoms with Crippen LogP contribution in [0.25, 0.3) is 0 Å². The molecule has 0 bridgehead atoms. The van der Waals surface area contributed by atoms with Crippen molar-refractivity contribution in [2.24, 2.45) is 0 Å². The lowest BCUT2D eigenvalue weighted by molar-refractivity contribution is 0.0988. The van der Waals surface area contributed by atoms with Crippen LogP contribution in [0.5, 0.6) is 0 Å². The van der Waals surface area contributed by atoms with Gasteiger partial charge in [0.2, 0.25) is 10.0 Å². The first-order valence-electron chi connectivity index (χ1n) is 5.25. The molecule has 4 nitrogen and oxygen atoms in total. The molecule has 1 aromatic carbocycles. The van der Waals surface area contributed by atoms with Crippen molar-refractivity contribution < 1.29 is 13.2 Å². The van der Waals surface area contributed by atoms with Crippen LogP contribution in [0.1, 0.15) is 23.7 Å². The normalized spacial score (nSPS) is 11.1. The lowest BCUT2D eigenvalue weighted by Crippen LogP contribution is -2.23. The Morgan fingerprint density at radius 3 is 2.41 bits per heavy atom. The molecule has 0 aromatic heterocycles. The van der Waals surface area contributed by atoms with Crippen LogP contribution in [0.3, 0.4) is 0 Å². The molecule has 17 heavy (non-hydrogen) atoms. The summed E-state index contributed by atoms with van der Waals surface area (Å²) in [7, 11) is -3.50. The standard InChI is InChI=1S/C12H15NO3S/c1-3-9-13-17(15,16)11-7-5-10(6-8-11)12(14)4-2/h3,5-8,13H,1,4,9H2,2H3. The molecule has 0 saturated carbocycles. The third-order valence-corrected chi connectivity index (χ3v) is 3.66. The first-order valence-corrected chi connectivity index (χ1v) is 6.73. The summed E-state index contributed by atoms with van der Waals surface area (Å²) >= 11 is 0. The largest absolute Gasteiger partial charge is 0.294 e. The number of nitrogens with one attached hydrogen (secondary N) is 1. The van der Waals surface area contributed by atoms with E-state index in [1.54, 1.807) is 6.92 Å².